The maximum absolute atomic E-state index is 12.7. The molecule has 0 heterocycles. The van der Waals surface area contributed by atoms with Gasteiger partial charge in [-0.3, -0.25) is 0 Å². The number of hydrogen-bond donors (Lipinski definition) is 0. The van der Waals surface area contributed by atoms with Gasteiger partial charge in [0.15, 0.2) is 9.84 Å². The lowest BCUT2D eigenvalue weighted by atomic mass is 9.92. The summed E-state index contributed by atoms with van der Waals surface area (Å²) >= 11 is 2.30. The molecule has 22 heavy (non-hydrogen) atoms. The van der Waals surface area contributed by atoms with Crippen LogP contribution in [0.2, 0.25) is 0 Å². The van der Waals surface area contributed by atoms with Crippen molar-refractivity contribution >= 4 is 38.0 Å². The normalized spacial score (nSPS) is 14.4. The molecule has 0 amide bonds. The van der Waals surface area contributed by atoms with Crippen molar-refractivity contribution in [3.63, 3.8) is 0 Å². The molecule has 0 saturated carbocycles. The molecule has 114 valence electrons. The van der Waals surface area contributed by atoms with Crippen molar-refractivity contribution in [3.05, 3.63) is 68.8 Å². The van der Waals surface area contributed by atoms with Crippen molar-refractivity contribution in [2.45, 2.75) is 24.7 Å². The first-order chi connectivity index (χ1) is 10.5. The van der Waals surface area contributed by atoms with E-state index in [2.05, 4.69) is 34.7 Å². The highest BCUT2D eigenvalue weighted by atomic mass is 127. The molecule has 0 aromatic heterocycles. The van der Waals surface area contributed by atoms with E-state index < -0.39 is 9.84 Å². The largest absolute Gasteiger partial charge is 0.223 e. The quantitative estimate of drug-likeness (QED) is 0.685. The first kappa shape index (κ1) is 15.7. The van der Waals surface area contributed by atoms with Crippen molar-refractivity contribution in [3.8, 4) is 0 Å². The van der Waals surface area contributed by atoms with Crippen molar-refractivity contribution in [1.29, 1.82) is 0 Å². The second-order valence-corrected chi connectivity index (χ2v) is 8.88. The number of hydrogen-bond acceptors (Lipinski definition) is 2. The third kappa shape index (κ3) is 3.27. The van der Waals surface area contributed by atoms with Crippen molar-refractivity contribution in [2.75, 3.05) is 5.75 Å². The fourth-order valence-electron chi connectivity index (χ4n) is 2.83. The van der Waals surface area contributed by atoms with Gasteiger partial charge in [-0.25, -0.2) is 8.42 Å². The van der Waals surface area contributed by atoms with E-state index in [-0.39, 0.29) is 5.75 Å². The van der Waals surface area contributed by atoms with E-state index in [0.29, 0.717) is 4.90 Å². The highest BCUT2D eigenvalue weighted by molar-refractivity contribution is 14.1. The summed E-state index contributed by atoms with van der Waals surface area (Å²) in [6.45, 7) is 1.91. The average molecular weight is 424 g/mol. The molecule has 0 spiro atoms. The van der Waals surface area contributed by atoms with E-state index in [4.69, 9.17) is 0 Å². The van der Waals surface area contributed by atoms with Crippen molar-refractivity contribution in [1.82, 2.24) is 0 Å². The maximum atomic E-state index is 12.7. The number of allylic oxidation sites excluding steroid dienone is 1. The summed E-state index contributed by atoms with van der Waals surface area (Å²) in [5.41, 5.74) is 4.24. The van der Waals surface area contributed by atoms with E-state index in [1.165, 1.54) is 9.13 Å². The Bertz CT molecular complexity index is 851. The Hall–Kier alpha value is -1.14. The third-order valence-corrected chi connectivity index (χ3v) is 6.25. The van der Waals surface area contributed by atoms with Gasteiger partial charge >= 0.3 is 0 Å². The summed E-state index contributed by atoms with van der Waals surface area (Å²) in [5.74, 6) is 0.0735. The molecule has 0 unspecified atom stereocenters. The lowest BCUT2D eigenvalue weighted by Crippen LogP contribution is -2.12. The molecule has 0 fully saturated rings. The molecular formula is C18H17IO2S. The minimum Gasteiger partial charge on any atom is -0.223 e. The maximum Gasteiger partial charge on any atom is 0.182 e. The van der Waals surface area contributed by atoms with Gasteiger partial charge in [0.1, 0.15) is 0 Å². The smallest absolute Gasteiger partial charge is 0.182 e. The van der Waals surface area contributed by atoms with E-state index >= 15 is 0 Å². The van der Waals surface area contributed by atoms with Crippen LogP contribution in [-0.2, 0) is 16.3 Å². The van der Waals surface area contributed by atoms with Crippen LogP contribution in [0.15, 0.2) is 53.4 Å². The standard InChI is InChI=1S/C18H17IO2S/c1-13-4-2-7-17(10-13)22(20,21)12-15-6-3-5-14-11-16(19)8-9-18(14)15/h2,4,6-11H,3,5,12H2,1H3. The second-order valence-electron chi connectivity index (χ2n) is 5.65. The molecule has 0 aliphatic heterocycles. The molecule has 0 bridgehead atoms. The molecule has 0 atom stereocenters. The molecule has 2 nitrogen and oxygen atoms in total. The summed E-state index contributed by atoms with van der Waals surface area (Å²) in [6, 6.07) is 13.4. The first-order valence-electron chi connectivity index (χ1n) is 7.23. The highest BCUT2D eigenvalue weighted by Crippen LogP contribution is 2.30. The first-order valence-corrected chi connectivity index (χ1v) is 9.96. The fraction of sp³-hybridized carbons (Fsp3) is 0.222. The zero-order chi connectivity index (χ0) is 15.7. The Balaban J connectivity index is 1.95. The van der Waals surface area contributed by atoms with Crippen LogP contribution in [0.1, 0.15) is 23.1 Å². The van der Waals surface area contributed by atoms with Gasteiger partial charge in [0.2, 0.25) is 0 Å². The van der Waals surface area contributed by atoms with E-state index in [0.717, 1.165) is 29.5 Å². The predicted octanol–water partition coefficient (Wildman–Crippen LogP) is 4.40. The SMILES string of the molecule is Cc1cccc(S(=O)(=O)CC2=CCCc3cc(I)ccc32)c1. The molecule has 0 N–H and O–H groups in total. The molecular weight excluding hydrogens is 407 g/mol. The Labute approximate surface area is 145 Å². The molecule has 2 aromatic rings. The summed E-state index contributed by atoms with van der Waals surface area (Å²) in [7, 11) is -3.31. The summed E-state index contributed by atoms with van der Waals surface area (Å²) in [5, 5.41) is 0. The van der Waals surface area contributed by atoms with Crippen LogP contribution in [0.25, 0.3) is 5.57 Å². The van der Waals surface area contributed by atoms with Gasteiger partial charge in [0, 0.05) is 3.57 Å². The lowest BCUT2D eigenvalue weighted by molar-refractivity contribution is 0.599. The van der Waals surface area contributed by atoms with Crippen LogP contribution >= 0.6 is 22.6 Å². The minimum atomic E-state index is -3.31. The highest BCUT2D eigenvalue weighted by Gasteiger charge is 2.21. The zero-order valence-electron chi connectivity index (χ0n) is 12.3. The molecule has 3 rings (SSSR count). The summed E-state index contributed by atoms with van der Waals surface area (Å²) in [6.07, 6.45) is 3.97. The number of aryl methyl sites for hydroxylation is 2. The topological polar surface area (TPSA) is 34.1 Å². The van der Waals surface area contributed by atoms with Crippen molar-refractivity contribution in [2.24, 2.45) is 0 Å². The van der Waals surface area contributed by atoms with Gasteiger partial charge in [-0.2, -0.15) is 0 Å². The number of benzene rings is 2. The Morgan fingerprint density at radius 2 is 1.95 bits per heavy atom. The second kappa shape index (κ2) is 6.16. The molecule has 0 saturated heterocycles. The number of sulfone groups is 1. The monoisotopic (exact) mass is 424 g/mol. The molecule has 1 aliphatic carbocycles. The predicted molar refractivity (Wildman–Crippen MR) is 98.7 cm³/mol. The van der Waals surface area contributed by atoms with Gasteiger partial charge in [0.25, 0.3) is 0 Å². The third-order valence-electron chi connectivity index (χ3n) is 3.91. The van der Waals surface area contributed by atoms with E-state index in [9.17, 15) is 8.42 Å². The molecule has 2 aromatic carbocycles. The number of fused-ring (bicyclic) bond motifs is 1. The number of rotatable bonds is 3. The van der Waals surface area contributed by atoms with Gasteiger partial charge in [-0.05, 0) is 88.9 Å². The summed E-state index contributed by atoms with van der Waals surface area (Å²) in [4.78, 5) is 0.408. The van der Waals surface area contributed by atoms with E-state index in [1.807, 2.05) is 25.1 Å². The van der Waals surface area contributed by atoms with Crippen LogP contribution in [0.3, 0.4) is 0 Å². The van der Waals surface area contributed by atoms with Crippen LogP contribution in [0.5, 0.6) is 0 Å². The number of halogens is 1. The Kier molecular flexibility index (Phi) is 4.41. The molecule has 4 heteroatoms. The summed E-state index contributed by atoms with van der Waals surface area (Å²) < 4.78 is 26.6. The van der Waals surface area contributed by atoms with Crippen LogP contribution in [0, 0.1) is 10.5 Å². The van der Waals surface area contributed by atoms with Crippen LogP contribution in [-0.4, -0.2) is 14.2 Å². The Morgan fingerprint density at radius 1 is 1.14 bits per heavy atom. The van der Waals surface area contributed by atoms with Gasteiger partial charge < -0.3 is 0 Å². The minimum absolute atomic E-state index is 0.0735. The average Bonchev–Trinajstić information content (AvgIpc) is 2.47. The van der Waals surface area contributed by atoms with Crippen LogP contribution < -0.4 is 0 Å². The van der Waals surface area contributed by atoms with Gasteiger partial charge in [0.05, 0.1) is 10.6 Å². The zero-order valence-corrected chi connectivity index (χ0v) is 15.3. The van der Waals surface area contributed by atoms with Crippen molar-refractivity contribution < 1.29 is 8.42 Å². The molecule has 0 radical (unpaired) electrons. The lowest BCUT2D eigenvalue weighted by Gasteiger charge is -2.18. The Morgan fingerprint density at radius 3 is 2.73 bits per heavy atom. The van der Waals surface area contributed by atoms with E-state index in [1.54, 1.807) is 18.2 Å². The van der Waals surface area contributed by atoms with Gasteiger partial charge in [-0.1, -0.05) is 24.3 Å². The van der Waals surface area contributed by atoms with Crippen LogP contribution in [0.4, 0.5) is 0 Å². The van der Waals surface area contributed by atoms with Gasteiger partial charge in [-0.15, -0.1) is 0 Å². The fourth-order valence-corrected chi connectivity index (χ4v) is 4.88. The molecule has 1 aliphatic rings.